The molecule has 0 aromatic heterocycles. The number of amides is 1. The number of nitrogens with two attached hydrogens (primary N) is 1. The van der Waals surface area contributed by atoms with Crippen molar-refractivity contribution >= 4 is 35.0 Å². The second-order valence-electron chi connectivity index (χ2n) is 5.60. The van der Waals surface area contributed by atoms with Gasteiger partial charge in [-0.3, -0.25) is 9.59 Å². The van der Waals surface area contributed by atoms with E-state index in [-0.39, 0.29) is 29.5 Å². The van der Waals surface area contributed by atoms with Crippen LogP contribution in [0.1, 0.15) is 30.1 Å². The Morgan fingerprint density at radius 2 is 2.17 bits per heavy atom. The van der Waals surface area contributed by atoms with Gasteiger partial charge in [0.2, 0.25) is 0 Å². The number of aliphatic imine (C=N–C) groups is 1. The van der Waals surface area contributed by atoms with Crippen molar-refractivity contribution in [2.75, 3.05) is 25.6 Å². The fraction of sp³-hybridized carbons (Fsp3) is 0.471. The predicted octanol–water partition coefficient (Wildman–Crippen LogP) is 2.33. The summed E-state index contributed by atoms with van der Waals surface area (Å²) in [4.78, 5) is 30.7. The Kier molecular flexibility index (Phi) is 6.61. The number of nitrogens with zero attached hydrogens (tertiary/aromatic N) is 2. The lowest BCUT2D eigenvalue weighted by atomic mass is 9.97. The molecule has 1 saturated heterocycles. The van der Waals surface area contributed by atoms with Gasteiger partial charge in [-0.2, -0.15) is 0 Å². The number of para-hydroxylation sites is 1. The van der Waals surface area contributed by atoms with Gasteiger partial charge in [0.15, 0.2) is 0 Å². The summed E-state index contributed by atoms with van der Waals surface area (Å²) in [6, 6.07) is 6.99. The molecular formula is C17H22ClN3O3. The summed E-state index contributed by atoms with van der Waals surface area (Å²) < 4.78 is 5.08. The van der Waals surface area contributed by atoms with Crippen molar-refractivity contribution in [1.82, 2.24) is 4.90 Å². The molecule has 0 radical (unpaired) electrons. The minimum Gasteiger partial charge on any atom is -0.466 e. The summed E-state index contributed by atoms with van der Waals surface area (Å²) in [6.07, 6.45) is 1.51. The summed E-state index contributed by atoms with van der Waals surface area (Å²) >= 11 is 5.66. The average molecular weight is 352 g/mol. The third kappa shape index (κ3) is 4.47. The molecule has 1 fully saturated rings. The number of halogens is 1. The van der Waals surface area contributed by atoms with E-state index >= 15 is 0 Å². The Morgan fingerprint density at radius 1 is 1.42 bits per heavy atom. The van der Waals surface area contributed by atoms with E-state index in [1.165, 1.54) is 0 Å². The number of amidine groups is 1. The molecule has 1 aliphatic heterocycles. The zero-order valence-electron chi connectivity index (χ0n) is 13.7. The molecule has 2 rings (SSSR count). The van der Waals surface area contributed by atoms with E-state index in [1.807, 2.05) is 0 Å². The number of carbonyl (C=O) groups is 2. The highest BCUT2D eigenvalue weighted by atomic mass is 35.5. The third-order valence-corrected chi connectivity index (χ3v) is 4.14. The molecule has 0 spiro atoms. The van der Waals surface area contributed by atoms with Gasteiger partial charge in [0.25, 0.3) is 5.91 Å². The monoisotopic (exact) mass is 351 g/mol. The second-order valence-corrected chi connectivity index (χ2v) is 5.86. The molecule has 0 bridgehead atoms. The fourth-order valence-corrected chi connectivity index (χ4v) is 2.78. The molecule has 1 aromatic carbocycles. The van der Waals surface area contributed by atoms with E-state index in [0.717, 1.165) is 12.8 Å². The van der Waals surface area contributed by atoms with Crippen molar-refractivity contribution in [3.05, 3.63) is 29.8 Å². The lowest BCUT2D eigenvalue weighted by molar-refractivity contribution is -0.149. The van der Waals surface area contributed by atoms with E-state index in [2.05, 4.69) is 4.99 Å². The number of benzene rings is 1. The van der Waals surface area contributed by atoms with E-state index in [0.29, 0.717) is 30.9 Å². The summed E-state index contributed by atoms with van der Waals surface area (Å²) in [6.45, 7) is 3.09. The van der Waals surface area contributed by atoms with Crippen LogP contribution in [0.25, 0.3) is 0 Å². The normalized spacial score (nSPS) is 18.3. The Hall–Kier alpha value is -2.08. The van der Waals surface area contributed by atoms with Crippen LogP contribution in [0.3, 0.4) is 0 Å². The Balaban J connectivity index is 2.18. The fourth-order valence-electron chi connectivity index (χ4n) is 2.72. The minimum absolute atomic E-state index is 0.0944. The highest BCUT2D eigenvalue weighted by Gasteiger charge is 2.30. The molecule has 1 amide bonds. The van der Waals surface area contributed by atoms with Gasteiger partial charge in [0.05, 0.1) is 29.7 Å². The van der Waals surface area contributed by atoms with Crippen LogP contribution in [-0.2, 0) is 9.53 Å². The highest BCUT2D eigenvalue weighted by molar-refractivity contribution is 6.28. The molecule has 130 valence electrons. The average Bonchev–Trinajstić information content (AvgIpc) is 2.61. The molecule has 1 aromatic rings. The number of hydrogen-bond acceptors (Lipinski definition) is 4. The zero-order chi connectivity index (χ0) is 17.5. The van der Waals surface area contributed by atoms with Gasteiger partial charge in [-0.15, -0.1) is 11.6 Å². The van der Waals surface area contributed by atoms with Crippen molar-refractivity contribution in [1.29, 1.82) is 0 Å². The maximum atomic E-state index is 12.8. The molecule has 7 heteroatoms. The van der Waals surface area contributed by atoms with Crippen LogP contribution in [0.4, 0.5) is 5.69 Å². The van der Waals surface area contributed by atoms with Gasteiger partial charge in [0.1, 0.15) is 5.84 Å². The van der Waals surface area contributed by atoms with E-state index in [4.69, 9.17) is 22.1 Å². The van der Waals surface area contributed by atoms with Gasteiger partial charge < -0.3 is 15.4 Å². The molecule has 1 aliphatic rings. The molecule has 1 atom stereocenters. The Labute approximate surface area is 146 Å². The topological polar surface area (TPSA) is 85.0 Å². The molecule has 2 N–H and O–H groups in total. The van der Waals surface area contributed by atoms with Gasteiger partial charge >= 0.3 is 5.97 Å². The van der Waals surface area contributed by atoms with Gasteiger partial charge in [-0.1, -0.05) is 12.1 Å². The summed E-state index contributed by atoms with van der Waals surface area (Å²) in [5.74, 6) is -0.332. The maximum Gasteiger partial charge on any atom is 0.310 e. The van der Waals surface area contributed by atoms with Gasteiger partial charge in [-0.05, 0) is 31.9 Å². The van der Waals surface area contributed by atoms with Gasteiger partial charge in [0, 0.05) is 13.1 Å². The molecule has 24 heavy (non-hydrogen) atoms. The molecular weight excluding hydrogens is 330 g/mol. The number of ether oxygens (including phenoxy) is 1. The smallest absolute Gasteiger partial charge is 0.310 e. The number of hydrogen-bond donors (Lipinski definition) is 1. The van der Waals surface area contributed by atoms with E-state index in [9.17, 15) is 9.59 Å². The lowest BCUT2D eigenvalue weighted by Gasteiger charge is -2.31. The number of carbonyl (C=O) groups excluding carboxylic acids is 2. The number of likely N-dealkylation sites (tertiary alicyclic amines) is 1. The summed E-state index contributed by atoms with van der Waals surface area (Å²) in [7, 11) is 0. The van der Waals surface area contributed by atoms with Crippen molar-refractivity contribution < 1.29 is 14.3 Å². The van der Waals surface area contributed by atoms with Crippen LogP contribution in [0.2, 0.25) is 0 Å². The quantitative estimate of drug-likeness (QED) is 0.382. The molecule has 1 unspecified atom stereocenters. The lowest BCUT2D eigenvalue weighted by Crippen LogP contribution is -2.42. The number of rotatable bonds is 5. The van der Waals surface area contributed by atoms with Crippen LogP contribution in [0, 0.1) is 5.92 Å². The van der Waals surface area contributed by atoms with Gasteiger partial charge in [-0.25, -0.2) is 4.99 Å². The van der Waals surface area contributed by atoms with E-state index < -0.39 is 0 Å². The Morgan fingerprint density at radius 3 is 2.88 bits per heavy atom. The predicted molar refractivity (Wildman–Crippen MR) is 93.7 cm³/mol. The highest BCUT2D eigenvalue weighted by Crippen LogP contribution is 2.24. The first-order chi connectivity index (χ1) is 11.6. The Bertz CT molecular complexity index is 633. The molecule has 0 saturated carbocycles. The van der Waals surface area contributed by atoms with Crippen LogP contribution in [0.15, 0.2) is 29.3 Å². The third-order valence-electron chi connectivity index (χ3n) is 3.86. The molecule has 0 aliphatic carbocycles. The van der Waals surface area contributed by atoms with Crippen molar-refractivity contribution in [3.63, 3.8) is 0 Å². The summed E-state index contributed by atoms with van der Waals surface area (Å²) in [5.41, 5.74) is 6.62. The first-order valence-corrected chi connectivity index (χ1v) is 8.54. The first kappa shape index (κ1) is 18.3. The molecule has 6 nitrogen and oxygen atoms in total. The van der Waals surface area contributed by atoms with Crippen LogP contribution in [-0.4, -0.2) is 48.2 Å². The van der Waals surface area contributed by atoms with E-state index in [1.54, 1.807) is 36.1 Å². The number of alkyl halides is 1. The maximum absolute atomic E-state index is 12.8. The first-order valence-electron chi connectivity index (χ1n) is 8.00. The van der Waals surface area contributed by atoms with Crippen molar-refractivity contribution in [2.45, 2.75) is 19.8 Å². The standard InChI is InChI=1S/C17H22ClN3O3/c1-2-24-17(23)12-6-5-9-21(11-12)16(22)13-7-3-4-8-14(13)20-15(19)10-18/h3-4,7-8,12H,2,5-6,9-11H2,1H3,(H2,19,20). The van der Waals surface area contributed by atoms with Crippen molar-refractivity contribution in [2.24, 2.45) is 16.6 Å². The molecule has 1 heterocycles. The largest absolute Gasteiger partial charge is 0.466 e. The van der Waals surface area contributed by atoms with Crippen molar-refractivity contribution in [3.8, 4) is 0 Å². The summed E-state index contributed by atoms with van der Waals surface area (Å²) in [5, 5.41) is 0. The van der Waals surface area contributed by atoms with Crippen LogP contribution >= 0.6 is 11.6 Å². The van der Waals surface area contributed by atoms with Crippen LogP contribution < -0.4 is 5.73 Å². The number of esters is 1. The zero-order valence-corrected chi connectivity index (χ0v) is 14.5. The second kappa shape index (κ2) is 8.68. The van der Waals surface area contributed by atoms with Crippen LogP contribution in [0.5, 0.6) is 0 Å². The SMILES string of the molecule is CCOC(=O)C1CCCN(C(=O)c2ccccc2N=C(N)CCl)C1. The minimum atomic E-state index is -0.272. The number of piperidine rings is 1.